The van der Waals surface area contributed by atoms with E-state index in [1.165, 1.54) is 35.6 Å². The van der Waals surface area contributed by atoms with Gasteiger partial charge in [-0.15, -0.1) is 16.2 Å². The molecule has 8 heteroatoms. The van der Waals surface area contributed by atoms with Gasteiger partial charge in [0.05, 0.1) is 9.77 Å². The second-order valence-corrected chi connectivity index (χ2v) is 8.49. The molecule has 3 aromatic rings. The zero-order chi connectivity index (χ0) is 19.4. The number of hydrazine groups is 1. The fourth-order valence-electron chi connectivity index (χ4n) is 2.37. The maximum absolute atomic E-state index is 13.0. The Morgan fingerprint density at radius 2 is 1.67 bits per heavy atom. The summed E-state index contributed by atoms with van der Waals surface area (Å²) in [4.78, 5) is 15.5. The molecule has 1 amide bonds. The molecular weight excluding hydrogens is 387 g/mol. The van der Waals surface area contributed by atoms with Crippen LogP contribution in [-0.4, -0.2) is 14.3 Å². The molecule has 0 aliphatic rings. The van der Waals surface area contributed by atoms with Crippen molar-refractivity contribution >= 4 is 27.3 Å². The highest BCUT2D eigenvalue weighted by Gasteiger charge is 2.17. The van der Waals surface area contributed by atoms with Gasteiger partial charge in [-0.1, -0.05) is 31.2 Å². The molecule has 0 spiro atoms. The molecule has 0 radical (unpaired) electrons. The summed E-state index contributed by atoms with van der Waals surface area (Å²) in [6, 6.07) is 15.7. The number of carbonyl (C=O) groups is 1. The van der Waals surface area contributed by atoms with Gasteiger partial charge < -0.3 is 0 Å². The molecule has 0 saturated heterocycles. The average Bonchev–Trinajstić information content (AvgIpc) is 3.17. The Hall–Kier alpha value is -2.55. The lowest BCUT2D eigenvalue weighted by Gasteiger charge is -2.08. The summed E-state index contributed by atoms with van der Waals surface area (Å²) in [5.74, 6) is -0.906. The molecule has 0 atom stereocenters. The lowest BCUT2D eigenvalue weighted by Crippen LogP contribution is -2.41. The van der Waals surface area contributed by atoms with E-state index in [4.69, 9.17) is 0 Å². The quantitative estimate of drug-likeness (QED) is 0.615. The summed E-state index contributed by atoms with van der Waals surface area (Å²) < 4.78 is 37.5. The van der Waals surface area contributed by atoms with Crippen LogP contribution in [0.1, 0.15) is 22.2 Å². The topological polar surface area (TPSA) is 75.3 Å². The summed E-state index contributed by atoms with van der Waals surface area (Å²) >= 11 is 1.18. The number of sulfonamides is 1. The van der Waals surface area contributed by atoms with Crippen molar-refractivity contribution in [3.63, 3.8) is 0 Å². The minimum absolute atomic E-state index is 0.0678. The summed E-state index contributed by atoms with van der Waals surface area (Å²) in [5, 5.41) is 0. The fraction of sp³-hybridized carbons (Fsp3) is 0.105. The molecule has 0 saturated carbocycles. The van der Waals surface area contributed by atoms with Gasteiger partial charge in [0, 0.05) is 4.88 Å². The number of amides is 1. The number of benzene rings is 2. The first-order chi connectivity index (χ1) is 12.9. The first-order valence-corrected chi connectivity index (χ1v) is 10.5. The van der Waals surface area contributed by atoms with Crippen LogP contribution in [0.15, 0.2) is 65.6 Å². The number of hydrogen-bond acceptors (Lipinski definition) is 4. The molecule has 2 N–H and O–H groups in total. The van der Waals surface area contributed by atoms with E-state index in [0.717, 1.165) is 22.4 Å². The minimum Gasteiger partial charge on any atom is -0.273 e. The Bertz CT molecular complexity index is 1040. The predicted octanol–water partition coefficient (Wildman–Crippen LogP) is 3.74. The molecule has 0 unspecified atom stereocenters. The van der Waals surface area contributed by atoms with Crippen molar-refractivity contribution in [2.24, 2.45) is 0 Å². The van der Waals surface area contributed by atoms with Gasteiger partial charge in [-0.25, -0.2) is 12.8 Å². The van der Waals surface area contributed by atoms with E-state index in [2.05, 4.69) is 10.3 Å². The van der Waals surface area contributed by atoms with Crippen molar-refractivity contribution in [1.82, 2.24) is 10.3 Å². The second-order valence-electron chi connectivity index (χ2n) is 5.73. The maximum atomic E-state index is 13.0. The Morgan fingerprint density at radius 3 is 2.30 bits per heavy atom. The standard InChI is InChI=1S/C19H17FN2O3S2/c1-2-13-3-9-16(10-4-13)27(24,25)22-21-19(23)18-12-11-17(26-18)14-5-7-15(20)8-6-14/h3-12,22H,2H2,1H3,(H,21,23). The van der Waals surface area contributed by atoms with Crippen LogP contribution < -0.4 is 10.3 Å². The van der Waals surface area contributed by atoms with Crippen LogP contribution in [0.25, 0.3) is 10.4 Å². The maximum Gasteiger partial charge on any atom is 0.276 e. The monoisotopic (exact) mass is 404 g/mol. The van der Waals surface area contributed by atoms with Crippen LogP contribution in [0.3, 0.4) is 0 Å². The van der Waals surface area contributed by atoms with Crippen molar-refractivity contribution < 1.29 is 17.6 Å². The molecule has 140 valence electrons. The summed E-state index contributed by atoms with van der Waals surface area (Å²) in [5.41, 5.74) is 4.01. The Morgan fingerprint density at radius 1 is 1.00 bits per heavy atom. The first kappa shape index (κ1) is 19.2. The van der Waals surface area contributed by atoms with E-state index in [0.29, 0.717) is 4.88 Å². The molecule has 1 aromatic heterocycles. The molecule has 1 heterocycles. The van der Waals surface area contributed by atoms with Gasteiger partial charge in [-0.2, -0.15) is 0 Å². The first-order valence-electron chi connectivity index (χ1n) is 8.16. The number of halogens is 1. The van der Waals surface area contributed by atoms with Crippen molar-refractivity contribution in [3.05, 3.63) is 76.9 Å². The molecule has 0 bridgehead atoms. The molecule has 2 aromatic carbocycles. The van der Waals surface area contributed by atoms with Crippen molar-refractivity contribution in [2.75, 3.05) is 0 Å². The molecule has 3 rings (SSSR count). The predicted molar refractivity (Wildman–Crippen MR) is 103 cm³/mol. The van der Waals surface area contributed by atoms with Gasteiger partial charge in [-0.3, -0.25) is 10.2 Å². The smallest absolute Gasteiger partial charge is 0.273 e. The lowest BCUT2D eigenvalue weighted by atomic mass is 10.2. The van der Waals surface area contributed by atoms with Crippen LogP contribution in [0.5, 0.6) is 0 Å². The van der Waals surface area contributed by atoms with Gasteiger partial charge >= 0.3 is 0 Å². The summed E-state index contributed by atoms with van der Waals surface area (Å²) in [6.07, 6.45) is 0.805. The highest BCUT2D eigenvalue weighted by atomic mass is 32.2. The highest BCUT2D eigenvalue weighted by Crippen LogP contribution is 2.28. The fourth-order valence-corrected chi connectivity index (χ4v) is 4.11. The molecule has 0 aliphatic carbocycles. The summed E-state index contributed by atoms with van der Waals surface area (Å²) in [6.45, 7) is 1.98. The van der Waals surface area contributed by atoms with Crippen molar-refractivity contribution in [1.29, 1.82) is 0 Å². The number of hydrogen-bond donors (Lipinski definition) is 2. The Labute approximate surface area is 160 Å². The van der Waals surface area contributed by atoms with E-state index < -0.39 is 15.9 Å². The Balaban J connectivity index is 1.67. The van der Waals surface area contributed by atoms with Crippen LogP contribution >= 0.6 is 11.3 Å². The number of nitrogens with one attached hydrogen (secondary N) is 2. The molecule has 0 fully saturated rings. The van der Waals surface area contributed by atoms with Gasteiger partial charge in [0.1, 0.15) is 5.82 Å². The normalized spacial score (nSPS) is 11.3. The zero-order valence-electron chi connectivity index (χ0n) is 14.4. The number of carbonyl (C=O) groups excluding carboxylic acids is 1. The second kappa shape index (κ2) is 7.99. The van der Waals surface area contributed by atoms with Crippen LogP contribution in [0.4, 0.5) is 4.39 Å². The minimum atomic E-state index is -3.86. The van der Waals surface area contributed by atoms with E-state index >= 15 is 0 Å². The van der Waals surface area contributed by atoms with Crippen LogP contribution in [0.2, 0.25) is 0 Å². The third kappa shape index (κ3) is 4.60. The third-order valence-electron chi connectivity index (χ3n) is 3.90. The zero-order valence-corrected chi connectivity index (χ0v) is 16.0. The molecular formula is C19H17FN2O3S2. The van der Waals surface area contributed by atoms with Crippen molar-refractivity contribution in [3.8, 4) is 10.4 Å². The van der Waals surface area contributed by atoms with Gasteiger partial charge in [0.2, 0.25) is 0 Å². The van der Waals surface area contributed by atoms with Gasteiger partial charge in [0.15, 0.2) is 0 Å². The van der Waals surface area contributed by atoms with Gasteiger partial charge in [0.25, 0.3) is 15.9 Å². The number of aryl methyl sites for hydroxylation is 1. The largest absolute Gasteiger partial charge is 0.276 e. The summed E-state index contributed by atoms with van der Waals surface area (Å²) in [7, 11) is -3.86. The van der Waals surface area contributed by atoms with Crippen LogP contribution in [-0.2, 0) is 16.4 Å². The molecule has 5 nitrogen and oxygen atoms in total. The van der Waals surface area contributed by atoms with Crippen molar-refractivity contribution in [2.45, 2.75) is 18.2 Å². The number of rotatable bonds is 6. The van der Waals surface area contributed by atoms with E-state index in [1.807, 2.05) is 6.92 Å². The van der Waals surface area contributed by atoms with E-state index in [-0.39, 0.29) is 10.7 Å². The molecule has 0 aliphatic heterocycles. The Kier molecular flexibility index (Phi) is 5.69. The van der Waals surface area contributed by atoms with Crippen LogP contribution in [0, 0.1) is 5.82 Å². The highest BCUT2D eigenvalue weighted by molar-refractivity contribution is 7.89. The average molecular weight is 404 g/mol. The molecule has 27 heavy (non-hydrogen) atoms. The number of thiophene rings is 1. The van der Waals surface area contributed by atoms with Gasteiger partial charge in [-0.05, 0) is 53.9 Å². The third-order valence-corrected chi connectivity index (χ3v) is 6.30. The SMILES string of the molecule is CCc1ccc(S(=O)(=O)NNC(=O)c2ccc(-c3ccc(F)cc3)s2)cc1. The van der Waals surface area contributed by atoms with E-state index in [1.54, 1.807) is 36.4 Å². The lowest BCUT2D eigenvalue weighted by molar-refractivity contribution is 0.0949. The van der Waals surface area contributed by atoms with E-state index in [9.17, 15) is 17.6 Å².